The molecule has 0 aliphatic rings. The Morgan fingerprint density at radius 1 is 0.947 bits per heavy atom. The zero-order chi connectivity index (χ0) is 15.0. The Labute approximate surface area is 112 Å². The first kappa shape index (κ1) is 17.3. The van der Waals surface area contributed by atoms with Gasteiger partial charge < -0.3 is 9.47 Å². The first-order valence-corrected chi connectivity index (χ1v) is 6.26. The Balaban J connectivity index is 4.94. The Hall–Kier alpha value is -1.72. The quantitative estimate of drug-likeness (QED) is 0.371. The minimum absolute atomic E-state index is 0.00773. The van der Waals surface area contributed by atoms with Crippen molar-refractivity contribution in [2.45, 2.75) is 34.1 Å². The molecule has 0 aromatic heterocycles. The monoisotopic (exact) mass is 272 g/mol. The van der Waals surface area contributed by atoms with Crippen LogP contribution in [0.1, 0.15) is 34.1 Å². The predicted octanol–water partition coefficient (Wildman–Crippen LogP) is 0.913. The van der Waals surface area contributed by atoms with Crippen molar-refractivity contribution in [3.8, 4) is 0 Å². The molecule has 0 spiro atoms. The largest absolute Gasteiger partial charge is 0.465 e. The maximum absolute atomic E-state index is 11.9. The van der Waals surface area contributed by atoms with Crippen molar-refractivity contribution in [1.82, 2.24) is 0 Å². The van der Waals surface area contributed by atoms with Gasteiger partial charge in [0.15, 0.2) is 0 Å². The molecule has 6 nitrogen and oxygen atoms in total. The number of Topliss-reactive ketones (excluding diaryl/α,β-unsaturated/α-hetero) is 2. The fourth-order valence-corrected chi connectivity index (χ4v) is 1.48. The highest BCUT2D eigenvalue weighted by Crippen LogP contribution is 2.15. The van der Waals surface area contributed by atoms with Gasteiger partial charge in [0.05, 0.1) is 13.2 Å². The van der Waals surface area contributed by atoms with Crippen LogP contribution in [0.5, 0.6) is 0 Å². The number of ether oxygens (including phenoxy) is 2. The second kappa shape index (κ2) is 8.39. The van der Waals surface area contributed by atoms with Gasteiger partial charge in [-0.25, -0.2) is 4.79 Å². The molecule has 0 aliphatic carbocycles. The van der Waals surface area contributed by atoms with E-state index < -0.39 is 29.4 Å². The molecule has 0 radical (unpaired) electrons. The van der Waals surface area contributed by atoms with Crippen molar-refractivity contribution < 1.29 is 28.7 Å². The highest BCUT2D eigenvalue weighted by atomic mass is 16.5. The summed E-state index contributed by atoms with van der Waals surface area (Å²) in [5.41, 5.74) is 0. The highest BCUT2D eigenvalue weighted by molar-refractivity contribution is 6.63. The molecule has 19 heavy (non-hydrogen) atoms. The SMILES string of the molecule is CCOC(=O)C(=O)C(=O)C(CC(C)C)C(=O)OCC. The molecule has 0 fully saturated rings. The lowest BCUT2D eigenvalue weighted by Gasteiger charge is -2.15. The third kappa shape index (κ3) is 5.63. The zero-order valence-electron chi connectivity index (χ0n) is 11.7. The maximum Gasteiger partial charge on any atom is 0.382 e. The number of hydrogen-bond donors (Lipinski definition) is 0. The van der Waals surface area contributed by atoms with Crippen LogP contribution in [0.25, 0.3) is 0 Å². The summed E-state index contributed by atoms with van der Waals surface area (Å²) in [6.07, 6.45) is 0.156. The molecular formula is C13H20O6. The zero-order valence-corrected chi connectivity index (χ0v) is 11.7. The van der Waals surface area contributed by atoms with Gasteiger partial charge in [-0.15, -0.1) is 0 Å². The minimum atomic E-state index is -1.31. The van der Waals surface area contributed by atoms with Gasteiger partial charge in [-0.1, -0.05) is 13.8 Å². The Kier molecular flexibility index (Phi) is 7.63. The second-order valence-corrected chi connectivity index (χ2v) is 4.35. The Morgan fingerprint density at radius 3 is 1.89 bits per heavy atom. The number of rotatable bonds is 8. The molecule has 0 rings (SSSR count). The van der Waals surface area contributed by atoms with E-state index in [4.69, 9.17) is 4.74 Å². The summed E-state index contributed by atoms with van der Waals surface area (Å²) in [6.45, 7) is 6.82. The first-order valence-electron chi connectivity index (χ1n) is 6.26. The van der Waals surface area contributed by atoms with Gasteiger partial charge >= 0.3 is 17.7 Å². The fraction of sp³-hybridized carbons (Fsp3) is 0.692. The lowest BCUT2D eigenvalue weighted by molar-refractivity contribution is -0.160. The van der Waals surface area contributed by atoms with Crippen LogP contribution in [0, 0.1) is 11.8 Å². The van der Waals surface area contributed by atoms with Gasteiger partial charge in [0, 0.05) is 0 Å². The molecule has 108 valence electrons. The van der Waals surface area contributed by atoms with Crippen molar-refractivity contribution in [2.24, 2.45) is 11.8 Å². The van der Waals surface area contributed by atoms with Crippen molar-refractivity contribution in [3.05, 3.63) is 0 Å². The van der Waals surface area contributed by atoms with E-state index in [2.05, 4.69) is 4.74 Å². The van der Waals surface area contributed by atoms with E-state index in [1.54, 1.807) is 20.8 Å². The molecule has 0 N–H and O–H groups in total. The lowest BCUT2D eigenvalue weighted by Crippen LogP contribution is -2.37. The lowest BCUT2D eigenvalue weighted by atomic mass is 9.91. The van der Waals surface area contributed by atoms with Crippen molar-refractivity contribution in [1.29, 1.82) is 0 Å². The van der Waals surface area contributed by atoms with Gasteiger partial charge in [-0.3, -0.25) is 14.4 Å². The summed E-state index contributed by atoms with van der Waals surface area (Å²) in [4.78, 5) is 46.3. The Bertz CT molecular complexity index is 358. The number of carbonyl (C=O) groups is 4. The molecular weight excluding hydrogens is 252 g/mol. The number of ketones is 2. The molecule has 0 aliphatic heterocycles. The molecule has 1 atom stereocenters. The van der Waals surface area contributed by atoms with Crippen molar-refractivity contribution in [3.63, 3.8) is 0 Å². The third-order valence-electron chi connectivity index (χ3n) is 2.28. The van der Waals surface area contributed by atoms with Crippen molar-refractivity contribution >= 4 is 23.5 Å². The molecule has 1 unspecified atom stereocenters. The number of hydrogen-bond acceptors (Lipinski definition) is 6. The topological polar surface area (TPSA) is 86.7 Å². The van der Waals surface area contributed by atoms with E-state index in [1.807, 2.05) is 0 Å². The standard InChI is InChI=1S/C13H20O6/c1-5-18-12(16)9(7-8(3)4)10(14)11(15)13(17)19-6-2/h8-9H,5-7H2,1-4H3. The molecule has 0 saturated carbocycles. The maximum atomic E-state index is 11.9. The molecule has 0 bridgehead atoms. The van der Waals surface area contributed by atoms with Crippen LogP contribution in [0.15, 0.2) is 0 Å². The summed E-state index contributed by atoms with van der Waals surface area (Å²) in [6, 6.07) is 0. The second-order valence-electron chi connectivity index (χ2n) is 4.35. The molecule has 0 saturated heterocycles. The van der Waals surface area contributed by atoms with Crippen LogP contribution in [-0.2, 0) is 28.7 Å². The Morgan fingerprint density at radius 2 is 1.47 bits per heavy atom. The average Bonchev–Trinajstić information content (AvgIpc) is 2.34. The summed E-state index contributed by atoms with van der Waals surface area (Å²) in [7, 11) is 0. The van der Waals surface area contributed by atoms with Gasteiger partial charge in [-0.05, 0) is 26.2 Å². The molecule has 0 aromatic rings. The van der Waals surface area contributed by atoms with Crippen LogP contribution in [0.3, 0.4) is 0 Å². The predicted molar refractivity (Wildman–Crippen MR) is 66.2 cm³/mol. The summed E-state index contributed by atoms with van der Waals surface area (Å²) < 4.78 is 9.21. The first-order chi connectivity index (χ1) is 8.84. The normalized spacial score (nSPS) is 11.8. The van der Waals surface area contributed by atoms with E-state index in [0.29, 0.717) is 0 Å². The van der Waals surface area contributed by atoms with Gasteiger partial charge in [0.25, 0.3) is 0 Å². The fourth-order valence-electron chi connectivity index (χ4n) is 1.48. The van der Waals surface area contributed by atoms with Crippen LogP contribution in [-0.4, -0.2) is 36.7 Å². The van der Waals surface area contributed by atoms with Crippen LogP contribution in [0.2, 0.25) is 0 Å². The van der Waals surface area contributed by atoms with Gasteiger partial charge in [0.2, 0.25) is 5.78 Å². The minimum Gasteiger partial charge on any atom is -0.465 e. The van der Waals surface area contributed by atoms with E-state index in [-0.39, 0.29) is 25.6 Å². The van der Waals surface area contributed by atoms with E-state index in [1.165, 1.54) is 6.92 Å². The average molecular weight is 272 g/mol. The van der Waals surface area contributed by atoms with Gasteiger partial charge in [0.1, 0.15) is 5.92 Å². The smallest absolute Gasteiger partial charge is 0.382 e. The molecule has 0 amide bonds. The van der Waals surface area contributed by atoms with E-state index in [9.17, 15) is 19.2 Å². The van der Waals surface area contributed by atoms with Crippen molar-refractivity contribution in [2.75, 3.05) is 13.2 Å². The molecule has 0 aromatic carbocycles. The van der Waals surface area contributed by atoms with E-state index >= 15 is 0 Å². The van der Waals surface area contributed by atoms with Crippen LogP contribution >= 0.6 is 0 Å². The third-order valence-corrected chi connectivity index (χ3v) is 2.28. The number of esters is 2. The van der Waals surface area contributed by atoms with Crippen LogP contribution in [0.4, 0.5) is 0 Å². The van der Waals surface area contributed by atoms with Crippen LogP contribution < -0.4 is 0 Å². The summed E-state index contributed by atoms with van der Waals surface area (Å²) in [5, 5.41) is 0. The molecule has 6 heteroatoms. The summed E-state index contributed by atoms with van der Waals surface area (Å²) in [5.74, 6) is -5.61. The molecule has 0 heterocycles. The highest BCUT2D eigenvalue weighted by Gasteiger charge is 2.37. The van der Waals surface area contributed by atoms with Gasteiger partial charge in [-0.2, -0.15) is 0 Å². The summed E-state index contributed by atoms with van der Waals surface area (Å²) >= 11 is 0. The number of carbonyl (C=O) groups excluding carboxylic acids is 4. The van der Waals surface area contributed by atoms with E-state index in [0.717, 1.165) is 0 Å².